The van der Waals surface area contributed by atoms with Crippen LogP contribution in [0.15, 0.2) is 89.3 Å². The fraction of sp³-hybridized carbons (Fsp3) is 0. The van der Waals surface area contributed by atoms with Gasteiger partial charge in [0, 0.05) is 27.1 Å². The van der Waals surface area contributed by atoms with E-state index in [-0.39, 0.29) is 71.8 Å². The molecule has 54 heavy (non-hydrogen) atoms. The number of benzene rings is 6. The summed E-state index contributed by atoms with van der Waals surface area (Å²) in [5.41, 5.74) is 5.91. The van der Waals surface area contributed by atoms with E-state index in [0.29, 0.717) is 33.8 Å². The molecular formula is C39H14B10N4O. The van der Waals surface area contributed by atoms with Crippen LogP contribution in [0.2, 0.25) is 0 Å². The molecule has 6 aromatic carbocycles. The van der Waals surface area contributed by atoms with Crippen LogP contribution in [0.25, 0.3) is 83.6 Å². The van der Waals surface area contributed by atoms with Crippen molar-refractivity contribution in [2.75, 3.05) is 0 Å². The minimum Gasteiger partial charge on any atom is -0.455 e. The smallest absolute Gasteiger partial charge is 0.238 e. The Morgan fingerprint density at radius 3 is 1.52 bits per heavy atom. The third kappa shape index (κ3) is 4.97. The molecule has 0 bridgehead atoms. The lowest BCUT2D eigenvalue weighted by molar-refractivity contribution is 0.669. The van der Waals surface area contributed by atoms with Crippen LogP contribution in [-0.4, -0.2) is 98.0 Å². The predicted molar refractivity (Wildman–Crippen MR) is 232 cm³/mol. The van der Waals surface area contributed by atoms with Gasteiger partial charge < -0.3 is 4.42 Å². The Morgan fingerprint density at radius 1 is 0.426 bits per heavy atom. The molecule has 0 fully saturated rings. The molecule has 5 nitrogen and oxygen atoms in total. The van der Waals surface area contributed by atoms with Crippen LogP contribution in [-0.2, 0) is 0 Å². The van der Waals surface area contributed by atoms with E-state index in [1.807, 2.05) is 89.5 Å². The van der Waals surface area contributed by atoms with Crippen LogP contribution >= 0.6 is 0 Å². The minimum absolute atomic E-state index is 0.0677. The first-order chi connectivity index (χ1) is 26.0. The fourth-order valence-electron chi connectivity index (χ4n) is 7.22. The summed E-state index contributed by atoms with van der Waals surface area (Å²) in [6, 6.07) is 27.3. The van der Waals surface area contributed by atoms with Gasteiger partial charge in [0.15, 0.2) is 11.6 Å². The van der Waals surface area contributed by atoms with E-state index in [1.165, 1.54) is 0 Å². The van der Waals surface area contributed by atoms with Gasteiger partial charge in [-0.3, -0.25) is 4.57 Å². The number of rotatable bonds is 4. The number of aromatic nitrogens is 4. The molecule has 9 aromatic rings. The SMILES string of the molecule is [B]c1c([B])c([B])c(-c2ccc3c(c2)oc2c(-c4nc(-c5c([B])c([B])c([B])c([B])c5[B])nc(-n5c6ccccc6c6ccccc65)n4)cccc23)c([B])c1[B]. The van der Waals surface area contributed by atoms with Crippen molar-refractivity contribution in [3.63, 3.8) is 0 Å². The Kier molecular flexibility index (Phi) is 8.00. The number of furan rings is 1. The lowest BCUT2D eigenvalue weighted by Crippen LogP contribution is -2.55. The Balaban J connectivity index is 1.33. The van der Waals surface area contributed by atoms with Crippen LogP contribution in [0.1, 0.15) is 0 Å². The maximum Gasteiger partial charge on any atom is 0.238 e. The van der Waals surface area contributed by atoms with Crippen LogP contribution < -0.4 is 54.6 Å². The van der Waals surface area contributed by atoms with E-state index in [2.05, 4.69) is 0 Å². The maximum absolute atomic E-state index is 6.60. The van der Waals surface area contributed by atoms with Gasteiger partial charge in [-0.2, -0.15) is 9.97 Å². The number of hydrogen-bond donors (Lipinski definition) is 0. The van der Waals surface area contributed by atoms with Crippen molar-refractivity contribution in [2.45, 2.75) is 0 Å². The first-order valence-corrected chi connectivity index (χ1v) is 16.7. The molecule has 3 heterocycles. The number of fused-ring (bicyclic) bond motifs is 6. The van der Waals surface area contributed by atoms with E-state index in [1.54, 1.807) is 0 Å². The molecular weight excluding hydrogens is 649 g/mol. The van der Waals surface area contributed by atoms with Crippen LogP contribution in [0.5, 0.6) is 0 Å². The largest absolute Gasteiger partial charge is 0.455 e. The molecule has 226 valence electrons. The van der Waals surface area contributed by atoms with Crippen LogP contribution in [0.4, 0.5) is 0 Å². The molecule has 15 heteroatoms. The second kappa shape index (κ2) is 12.6. The summed E-state index contributed by atoms with van der Waals surface area (Å²) < 4.78 is 8.56. The number of hydrogen-bond acceptors (Lipinski definition) is 4. The second-order valence-corrected chi connectivity index (χ2v) is 13.0. The predicted octanol–water partition coefficient (Wildman–Crippen LogP) is -2.19. The van der Waals surface area contributed by atoms with Crippen LogP contribution in [0, 0.1) is 0 Å². The molecule has 0 aliphatic carbocycles. The average molecular weight is 663 g/mol. The molecule has 0 saturated carbocycles. The zero-order valence-corrected chi connectivity index (χ0v) is 28.6. The quantitative estimate of drug-likeness (QED) is 0.201. The molecule has 9 rings (SSSR count). The number of nitrogens with zero attached hydrogens (tertiary/aromatic N) is 4. The van der Waals surface area contributed by atoms with Crippen molar-refractivity contribution in [3.05, 3.63) is 84.9 Å². The molecule has 0 N–H and O–H groups in total. The van der Waals surface area contributed by atoms with Gasteiger partial charge in [0.2, 0.25) is 5.95 Å². The topological polar surface area (TPSA) is 56.7 Å². The van der Waals surface area contributed by atoms with Crippen LogP contribution in [0.3, 0.4) is 0 Å². The van der Waals surface area contributed by atoms with Crippen molar-refractivity contribution in [2.24, 2.45) is 0 Å². The van der Waals surface area contributed by atoms with Gasteiger partial charge in [-0.05, 0) is 41.5 Å². The van der Waals surface area contributed by atoms with E-state index in [0.717, 1.165) is 32.6 Å². The van der Waals surface area contributed by atoms with E-state index in [9.17, 15) is 0 Å². The normalized spacial score (nSPS) is 11.7. The Labute approximate surface area is 324 Å². The Morgan fingerprint density at radius 2 is 0.926 bits per heavy atom. The lowest BCUT2D eigenvalue weighted by atomic mass is 9.59. The maximum atomic E-state index is 6.60. The molecule has 0 aliphatic heterocycles. The summed E-state index contributed by atoms with van der Waals surface area (Å²) in [5.74, 6) is 0.687. The van der Waals surface area contributed by atoms with E-state index >= 15 is 0 Å². The molecule has 3 aromatic heterocycles. The standard InChI is InChI=1S/C39H14B10N4O/c40-26-24(27(41)31(45)34(48)30(26)44)15-12-13-18-19-8-5-9-20(36(19)54-23(18)14-15)37-50-38(25-28(42)32(46)35(49)33(47)29(25)43)52-39(51-37)53-21-10-3-1-6-16(21)17-7-2-4-11-22(17)53/h1-14H. The summed E-state index contributed by atoms with van der Waals surface area (Å²) in [4.78, 5) is 15.0. The lowest BCUT2D eigenvalue weighted by Gasteiger charge is -2.21. The molecule has 0 unspecified atom stereocenters. The first-order valence-electron chi connectivity index (χ1n) is 16.7. The van der Waals surface area contributed by atoms with Crippen molar-refractivity contribution in [3.8, 4) is 39.9 Å². The summed E-state index contributed by atoms with van der Waals surface area (Å²) in [5, 5.41) is 3.63. The van der Waals surface area contributed by atoms with Gasteiger partial charge in [0.1, 0.15) is 89.6 Å². The highest BCUT2D eigenvalue weighted by atomic mass is 16.3. The van der Waals surface area contributed by atoms with Gasteiger partial charge in [0.05, 0.1) is 16.6 Å². The monoisotopic (exact) mass is 664 g/mol. The summed E-state index contributed by atoms with van der Waals surface area (Å²) in [6.07, 6.45) is 0. The molecule has 0 saturated heterocycles. The van der Waals surface area contributed by atoms with Gasteiger partial charge in [-0.1, -0.05) is 76.4 Å². The molecule has 0 atom stereocenters. The summed E-state index contributed by atoms with van der Waals surface area (Å²) in [7, 11) is 63.2. The highest BCUT2D eigenvalue weighted by Gasteiger charge is 2.23. The zero-order valence-electron chi connectivity index (χ0n) is 28.6. The van der Waals surface area contributed by atoms with Gasteiger partial charge in [-0.25, -0.2) is 4.98 Å². The number of para-hydroxylation sites is 3. The molecule has 0 amide bonds. The van der Waals surface area contributed by atoms with Gasteiger partial charge >= 0.3 is 0 Å². The minimum atomic E-state index is 0.0677. The van der Waals surface area contributed by atoms with Crippen molar-refractivity contribution in [1.29, 1.82) is 0 Å². The molecule has 0 spiro atoms. The van der Waals surface area contributed by atoms with E-state index < -0.39 is 0 Å². The van der Waals surface area contributed by atoms with Crippen molar-refractivity contribution >= 4 is 177 Å². The highest BCUT2D eigenvalue weighted by molar-refractivity contribution is 6.69. The van der Waals surface area contributed by atoms with Crippen molar-refractivity contribution < 1.29 is 4.42 Å². The zero-order chi connectivity index (χ0) is 37.7. The third-order valence-electron chi connectivity index (χ3n) is 10.1. The summed E-state index contributed by atoms with van der Waals surface area (Å²) in [6.45, 7) is 0. The average Bonchev–Trinajstić information content (AvgIpc) is 3.73. The van der Waals surface area contributed by atoms with Crippen molar-refractivity contribution in [1.82, 2.24) is 19.5 Å². The molecule has 0 aliphatic rings. The van der Waals surface area contributed by atoms with Gasteiger partial charge in [0.25, 0.3) is 0 Å². The first kappa shape index (κ1) is 34.4. The van der Waals surface area contributed by atoms with E-state index in [4.69, 9.17) is 97.8 Å². The third-order valence-corrected chi connectivity index (χ3v) is 10.1. The summed E-state index contributed by atoms with van der Waals surface area (Å²) >= 11 is 0. The Hall–Kier alpha value is -5.42. The van der Waals surface area contributed by atoms with Gasteiger partial charge in [-0.15, -0.1) is 32.8 Å². The molecule has 20 radical (unpaired) electrons. The highest BCUT2D eigenvalue weighted by Crippen LogP contribution is 2.37. The second-order valence-electron chi connectivity index (χ2n) is 13.0. The Bertz CT molecular complexity index is 2970. The fourth-order valence-corrected chi connectivity index (χ4v) is 7.22.